The predicted octanol–water partition coefficient (Wildman–Crippen LogP) is 2.17. The van der Waals surface area contributed by atoms with Gasteiger partial charge >= 0.3 is 5.97 Å². The summed E-state index contributed by atoms with van der Waals surface area (Å²) in [5.74, 6) is -1.43. The van der Waals surface area contributed by atoms with Crippen molar-refractivity contribution in [2.45, 2.75) is 6.92 Å². The Morgan fingerprint density at radius 1 is 1.33 bits per heavy atom. The van der Waals surface area contributed by atoms with Gasteiger partial charge in [-0.05, 0) is 23.7 Å². The van der Waals surface area contributed by atoms with Crippen molar-refractivity contribution < 1.29 is 19.1 Å². The number of ether oxygens (including phenoxy) is 1. The first-order valence-electron chi connectivity index (χ1n) is 4.82. The summed E-state index contributed by atoms with van der Waals surface area (Å²) in [5.41, 5.74) is 0.394. The third-order valence-electron chi connectivity index (χ3n) is 1.85. The molecule has 18 heavy (non-hydrogen) atoms. The van der Waals surface area contributed by atoms with E-state index in [2.05, 4.69) is 5.32 Å². The average molecular weight is 290 g/mol. The summed E-state index contributed by atoms with van der Waals surface area (Å²) in [7, 11) is 0. The molecule has 1 N–H and O–H groups in total. The van der Waals surface area contributed by atoms with Crippen molar-refractivity contribution in [3.8, 4) is 5.75 Å². The first kappa shape index (κ1) is 14.5. The maximum absolute atomic E-state index is 11.1. The van der Waals surface area contributed by atoms with E-state index in [-0.39, 0.29) is 23.1 Å². The molecule has 96 valence electrons. The Morgan fingerprint density at radius 2 is 2.00 bits per heavy atom. The number of carbonyl (C=O) groups excluding carboxylic acids is 3. The highest BCUT2D eigenvalue weighted by Gasteiger charge is 2.14. The molecule has 0 aliphatic carbocycles. The van der Waals surface area contributed by atoms with E-state index < -0.39 is 11.2 Å². The number of hydrogen-bond donors (Lipinski definition) is 1. The minimum Gasteiger partial charge on any atom is -0.425 e. The van der Waals surface area contributed by atoms with Crippen LogP contribution in [0.4, 0.5) is 5.69 Å². The Morgan fingerprint density at radius 3 is 2.50 bits per heavy atom. The van der Waals surface area contributed by atoms with Gasteiger partial charge in [0.15, 0.2) is 0 Å². The third-order valence-corrected chi connectivity index (χ3v) is 2.27. The van der Waals surface area contributed by atoms with Gasteiger partial charge in [-0.3, -0.25) is 14.4 Å². The summed E-state index contributed by atoms with van der Waals surface area (Å²) in [4.78, 5) is 33.1. The van der Waals surface area contributed by atoms with Crippen molar-refractivity contribution in [2.24, 2.45) is 0 Å². The number of esters is 1. The van der Waals surface area contributed by atoms with E-state index in [0.29, 0.717) is 5.69 Å². The highest BCUT2D eigenvalue weighted by atomic mass is 35.5. The number of anilines is 1. The van der Waals surface area contributed by atoms with Crippen LogP contribution in [0, 0.1) is 0 Å². The predicted molar refractivity (Wildman–Crippen MR) is 67.3 cm³/mol. The highest BCUT2D eigenvalue weighted by molar-refractivity contribution is 6.68. The first-order valence-corrected chi connectivity index (χ1v) is 5.73. The number of rotatable bonds is 4. The topological polar surface area (TPSA) is 72.5 Å². The van der Waals surface area contributed by atoms with Crippen molar-refractivity contribution in [1.29, 1.82) is 0 Å². The zero-order valence-corrected chi connectivity index (χ0v) is 10.8. The minimum atomic E-state index is -0.776. The van der Waals surface area contributed by atoms with Crippen LogP contribution in [0.1, 0.15) is 17.3 Å². The second-order valence-corrected chi connectivity index (χ2v) is 3.88. The van der Waals surface area contributed by atoms with Crippen LogP contribution in [0.25, 0.3) is 0 Å². The molecule has 0 spiro atoms. The lowest BCUT2D eigenvalue weighted by atomic mass is 10.2. The molecule has 1 amide bonds. The van der Waals surface area contributed by atoms with E-state index in [1.165, 1.54) is 25.1 Å². The Kier molecular flexibility index (Phi) is 5.12. The van der Waals surface area contributed by atoms with Crippen molar-refractivity contribution in [1.82, 2.24) is 0 Å². The number of nitrogens with one attached hydrogen (secondary N) is 1. The average Bonchev–Trinajstić information content (AvgIpc) is 2.27. The Balaban J connectivity index is 3.11. The van der Waals surface area contributed by atoms with E-state index >= 15 is 0 Å². The van der Waals surface area contributed by atoms with Crippen molar-refractivity contribution in [3.63, 3.8) is 0 Å². The van der Waals surface area contributed by atoms with Gasteiger partial charge in [0.25, 0.3) is 5.24 Å². The normalized spacial score (nSPS) is 9.72. The lowest BCUT2D eigenvalue weighted by Crippen LogP contribution is -2.12. The molecule has 5 nitrogen and oxygen atoms in total. The minimum absolute atomic E-state index is 0.0178. The maximum atomic E-state index is 11.1. The van der Waals surface area contributed by atoms with Gasteiger partial charge in [0.1, 0.15) is 11.6 Å². The lowest BCUT2D eigenvalue weighted by Gasteiger charge is -2.09. The van der Waals surface area contributed by atoms with Gasteiger partial charge in [0, 0.05) is 18.7 Å². The van der Waals surface area contributed by atoms with Crippen LogP contribution in [0.2, 0.25) is 0 Å². The number of alkyl halides is 1. The van der Waals surface area contributed by atoms with E-state index in [4.69, 9.17) is 27.9 Å². The number of benzene rings is 1. The molecule has 0 saturated carbocycles. The van der Waals surface area contributed by atoms with E-state index in [1.807, 2.05) is 0 Å². The molecule has 0 aromatic heterocycles. The smallest absolute Gasteiger partial charge is 0.326 e. The van der Waals surface area contributed by atoms with E-state index in [9.17, 15) is 14.4 Å². The van der Waals surface area contributed by atoms with Gasteiger partial charge in [-0.2, -0.15) is 0 Å². The lowest BCUT2D eigenvalue weighted by molar-refractivity contribution is -0.131. The molecule has 1 rings (SSSR count). The van der Waals surface area contributed by atoms with Crippen molar-refractivity contribution in [3.05, 3.63) is 23.8 Å². The zero-order valence-electron chi connectivity index (χ0n) is 9.33. The molecule has 1 aromatic rings. The first-order chi connectivity index (χ1) is 8.43. The Bertz CT molecular complexity index is 502. The molecule has 0 unspecified atom stereocenters. The summed E-state index contributed by atoms with van der Waals surface area (Å²) < 4.78 is 4.85. The molecule has 0 atom stereocenters. The van der Waals surface area contributed by atoms with Crippen LogP contribution in [0.3, 0.4) is 0 Å². The van der Waals surface area contributed by atoms with Gasteiger partial charge in [0.2, 0.25) is 5.91 Å². The third kappa shape index (κ3) is 4.01. The van der Waals surface area contributed by atoms with E-state index in [0.717, 1.165) is 0 Å². The molecular weight excluding hydrogens is 281 g/mol. The second-order valence-electron chi connectivity index (χ2n) is 3.27. The van der Waals surface area contributed by atoms with Crippen LogP contribution in [0.15, 0.2) is 18.2 Å². The van der Waals surface area contributed by atoms with Crippen LogP contribution in [-0.4, -0.2) is 23.0 Å². The molecule has 0 heterocycles. The molecule has 0 fully saturated rings. The molecule has 0 saturated heterocycles. The van der Waals surface area contributed by atoms with Crippen LogP contribution >= 0.6 is 23.2 Å². The fourth-order valence-electron chi connectivity index (χ4n) is 1.20. The van der Waals surface area contributed by atoms with Gasteiger partial charge in [0.05, 0.1) is 5.56 Å². The number of carbonyl (C=O) groups is 3. The molecular formula is C11H9Cl2NO4. The summed E-state index contributed by atoms with van der Waals surface area (Å²) in [6.45, 7) is 1.32. The molecule has 0 bridgehead atoms. The van der Waals surface area contributed by atoms with Crippen LogP contribution in [0.5, 0.6) is 5.75 Å². The Hall–Kier alpha value is -1.59. The highest BCUT2D eigenvalue weighted by Crippen LogP contribution is 2.25. The monoisotopic (exact) mass is 289 g/mol. The van der Waals surface area contributed by atoms with Gasteiger partial charge in [-0.1, -0.05) is 0 Å². The summed E-state index contributed by atoms with van der Waals surface area (Å²) in [5, 5.41) is 1.71. The van der Waals surface area contributed by atoms with E-state index in [1.54, 1.807) is 0 Å². The van der Waals surface area contributed by atoms with Crippen molar-refractivity contribution >= 4 is 46.0 Å². The summed E-state index contributed by atoms with van der Waals surface area (Å²) in [6.07, 6.45) is 0. The summed E-state index contributed by atoms with van der Waals surface area (Å²) in [6, 6.07) is 4.13. The molecule has 0 aliphatic heterocycles. The molecule has 0 aliphatic rings. The summed E-state index contributed by atoms with van der Waals surface area (Å²) >= 11 is 10.6. The number of amides is 1. The SMILES string of the molecule is CC(=O)Nc1ccc(C(=O)Cl)c(OC(=O)CCl)c1. The maximum Gasteiger partial charge on any atom is 0.326 e. The number of halogens is 2. The molecule has 1 aromatic carbocycles. The molecule has 0 radical (unpaired) electrons. The van der Waals surface area contributed by atoms with Crippen LogP contribution < -0.4 is 10.1 Å². The van der Waals surface area contributed by atoms with Gasteiger partial charge in [-0.25, -0.2) is 0 Å². The second kappa shape index (κ2) is 6.37. The zero-order chi connectivity index (χ0) is 13.7. The fourth-order valence-corrected chi connectivity index (χ4v) is 1.41. The quantitative estimate of drug-likeness (QED) is 0.399. The largest absolute Gasteiger partial charge is 0.425 e. The van der Waals surface area contributed by atoms with Crippen LogP contribution in [-0.2, 0) is 9.59 Å². The van der Waals surface area contributed by atoms with Gasteiger partial charge < -0.3 is 10.1 Å². The standard InChI is InChI=1S/C11H9Cl2NO4/c1-6(15)14-7-2-3-8(11(13)17)9(4-7)18-10(16)5-12/h2-4H,5H2,1H3,(H,14,15). The van der Waals surface area contributed by atoms with Gasteiger partial charge in [-0.15, -0.1) is 11.6 Å². The number of hydrogen-bond acceptors (Lipinski definition) is 4. The molecule has 7 heteroatoms. The Labute approximate surface area is 113 Å². The van der Waals surface area contributed by atoms with Crippen molar-refractivity contribution in [2.75, 3.05) is 11.2 Å². The fraction of sp³-hybridized carbons (Fsp3) is 0.182.